The lowest BCUT2D eigenvalue weighted by Gasteiger charge is -2.09. The summed E-state index contributed by atoms with van der Waals surface area (Å²) < 4.78 is 26.2. The minimum absolute atomic E-state index is 0.0339. The van der Waals surface area contributed by atoms with Crippen molar-refractivity contribution in [3.8, 4) is 0 Å². The first-order valence-electron chi connectivity index (χ1n) is 8.23. The molecular formula is C19H19N3O3S. The van der Waals surface area contributed by atoms with Crippen molar-refractivity contribution >= 4 is 38.2 Å². The normalized spacial score (nSPS) is 11.3. The molecule has 0 spiro atoms. The van der Waals surface area contributed by atoms with Crippen LogP contribution in [0, 0.1) is 0 Å². The topological polar surface area (TPSA) is 88.2 Å². The Hall–Kier alpha value is -2.93. The molecule has 1 amide bonds. The molecule has 0 radical (unpaired) electrons. The van der Waals surface area contributed by atoms with Crippen molar-refractivity contribution in [3.63, 3.8) is 0 Å². The zero-order chi connectivity index (χ0) is 18.6. The Bertz CT molecular complexity index is 1050. The molecule has 0 aliphatic heterocycles. The lowest BCUT2D eigenvalue weighted by Crippen LogP contribution is -2.17. The Morgan fingerprint density at radius 2 is 1.85 bits per heavy atom. The Labute approximate surface area is 152 Å². The summed E-state index contributed by atoms with van der Waals surface area (Å²) in [6.07, 6.45) is 2.11. The molecule has 1 heterocycles. The number of amides is 1. The molecule has 7 heteroatoms. The molecule has 0 saturated heterocycles. The van der Waals surface area contributed by atoms with Crippen LogP contribution in [-0.2, 0) is 10.0 Å². The second kappa shape index (κ2) is 7.53. The zero-order valence-electron chi connectivity index (χ0n) is 14.3. The van der Waals surface area contributed by atoms with E-state index in [1.807, 2.05) is 30.3 Å². The van der Waals surface area contributed by atoms with Crippen LogP contribution >= 0.6 is 0 Å². The summed E-state index contributed by atoms with van der Waals surface area (Å²) >= 11 is 0. The first-order valence-corrected chi connectivity index (χ1v) is 9.89. The van der Waals surface area contributed by atoms with E-state index in [9.17, 15) is 13.2 Å². The van der Waals surface area contributed by atoms with Crippen LogP contribution in [0.15, 0.2) is 60.8 Å². The Morgan fingerprint density at radius 1 is 1.04 bits per heavy atom. The van der Waals surface area contributed by atoms with E-state index in [4.69, 9.17) is 0 Å². The van der Waals surface area contributed by atoms with Gasteiger partial charge in [0.1, 0.15) is 0 Å². The van der Waals surface area contributed by atoms with Gasteiger partial charge in [0.25, 0.3) is 5.91 Å². The molecule has 134 valence electrons. The summed E-state index contributed by atoms with van der Waals surface area (Å²) in [5.74, 6) is -0.301. The van der Waals surface area contributed by atoms with E-state index in [1.54, 1.807) is 31.3 Å². The Morgan fingerprint density at radius 3 is 2.65 bits per heavy atom. The smallest absolute Gasteiger partial charge is 0.255 e. The van der Waals surface area contributed by atoms with Gasteiger partial charge < -0.3 is 5.32 Å². The van der Waals surface area contributed by atoms with Crippen LogP contribution in [0.2, 0.25) is 0 Å². The summed E-state index contributed by atoms with van der Waals surface area (Å²) in [6, 6.07) is 15.8. The van der Waals surface area contributed by atoms with Crippen molar-refractivity contribution in [3.05, 3.63) is 66.4 Å². The molecule has 2 aromatic carbocycles. The largest absolute Gasteiger partial charge is 0.321 e. The van der Waals surface area contributed by atoms with Gasteiger partial charge in [0.05, 0.1) is 23.2 Å². The standard InChI is InChI=1S/C19H19N3O3S/c1-2-10-26(24,25)22-16-8-5-7-15(12-16)19(23)21-17-11-14-6-3-4-9-18(14)20-13-17/h3-9,11-13,22H,2,10H2,1H3,(H,21,23). The number of hydrogen-bond donors (Lipinski definition) is 2. The molecule has 0 unspecified atom stereocenters. The van der Waals surface area contributed by atoms with E-state index in [0.29, 0.717) is 23.4 Å². The first-order chi connectivity index (χ1) is 12.5. The maximum atomic E-state index is 12.5. The van der Waals surface area contributed by atoms with Gasteiger partial charge in [-0.25, -0.2) is 8.42 Å². The van der Waals surface area contributed by atoms with Crippen molar-refractivity contribution in [1.29, 1.82) is 0 Å². The van der Waals surface area contributed by atoms with Crippen molar-refractivity contribution < 1.29 is 13.2 Å². The molecule has 0 aliphatic carbocycles. The third-order valence-electron chi connectivity index (χ3n) is 3.72. The highest BCUT2D eigenvalue weighted by Crippen LogP contribution is 2.18. The van der Waals surface area contributed by atoms with Crippen molar-refractivity contribution in [2.45, 2.75) is 13.3 Å². The molecule has 3 rings (SSSR count). The number of carbonyl (C=O) groups excluding carboxylic acids is 1. The molecule has 2 N–H and O–H groups in total. The number of hydrogen-bond acceptors (Lipinski definition) is 4. The van der Waals surface area contributed by atoms with Crippen LogP contribution in [0.1, 0.15) is 23.7 Å². The molecule has 0 bridgehead atoms. The number of benzene rings is 2. The van der Waals surface area contributed by atoms with Gasteiger partial charge in [-0.2, -0.15) is 0 Å². The number of rotatable bonds is 6. The minimum atomic E-state index is -3.40. The lowest BCUT2D eigenvalue weighted by molar-refractivity contribution is 0.102. The third kappa shape index (κ3) is 4.37. The predicted molar refractivity (Wildman–Crippen MR) is 104 cm³/mol. The summed E-state index contributed by atoms with van der Waals surface area (Å²) in [7, 11) is -3.40. The number of fused-ring (bicyclic) bond motifs is 1. The van der Waals surface area contributed by atoms with Crippen LogP contribution in [0.3, 0.4) is 0 Å². The van der Waals surface area contributed by atoms with Gasteiger partial charge in [0.15, 0.2) is 0 Å². The van der Waals surface area contributed by atoms with Gasteiger partial charge in [-0.3, -0.25) is 14.5 Å². The third-order valence-corrected chi connectivity index (χ3v) is 5.21. The summed E-state index contributed by atoms with van der Waals surface area (Å²) in [5, 5.41) is 3.71. The SMILES string of the molecule is CCCS(=O)(=O)Nc1cccc(C(=O)Nc2cnc3ccccc3c2)c1. The summed E-state index contributed by atoms with van der Waals surface area (Å²) in [6.45, 7) is 1.79. The number of nitrogens with one attached hydrogen (secondary N) is 2. The maximum Gasteiger partial charge on any atom is 0.255 e. The molecular weight excluding hydrogens is 350 g/mol. The fourth-order valence-electron chi connectivity index (χ4n) is 2.57. The fourth-order valence-corrected chi connectivity index (χ4v) is 3.69. The van der Waals surface area contributed by atoms with Crippen LogP contribution in [0.4, 0.5) is 11.4 Å². The molecule has 6 nitrogen and oxygen atoms in total. The first kappa shape index (κ1) is 17.9. The number of anilines is 2. The van der Waals surface area contributed by atoms with Crippen LogP contribution in [-0.4, -0.2) is 25.1 Å². The maximum absolute atomic E-state index is 12.5. The van der Waals surface area contributed by atoms with Crippen LogP contribution < -0.4 is 10.0 Å². The molecule has 0 fully saturated rings. The number of nitrogens with zero attached hydrogens (tertiary/aromatic N) is 1. The van der Waals surface area contributed by atoms with Crippen molar-refractivity contribution in [1.82, 2.24) is 4.98 Å². The monoisotopic (exact) mass is 369 g/mol. The minimum Gasteiger partial charge on any atom is -0.321 e. The predicted octanol–water partition coefficient (Wildman–Crippen LogP) is 3.64. The zero-order valence-corrected chi connectivity index (χ0v) is 15.1. The molecule has 0 aliphatic rings. The Kier molecular flexibility index (Phi) is 5.18. The van der Waals surface area contributed by atoms with Crippen molar-refractivity contribution in [2.24, 2.45) is 0 Å². The van der Waals surface area contributed by atoms with E-state index in [0.717, 1.165) is 10.9 Å². The van der Waals surface area contributed by atoms with E-state index < -0.39 is 10.0 Å². The van der Waals surface area contributed by atoms with Gasteiger partial charge in [0.2, 0.25) is 10.0 Å². The highest BCUT2D eigenvalue weighted by atomic mass is 32.2. The number of aromatic nitrogens is 1. The highest BCUT2D eigenvalue weighted by Gasteiger charge is 2.12. The van der Waals surface area contributed by atoms with Crippen LogP contribution in [0.25, 0.3) is 10.9 Å². The van der Waals surface area contributed by atoms with E-state index in [-0.39, 0.29) is 11.7 Å². The quantitative estimate of drug-likeness (QED) is 0.694. The van der Waals surface area contributed by atoms with Gasteiger partial charge in [-0.05, 0) is 36.8 Å². The summed E-state index contributed by atoms with van der Waals surface area (Å²) in [5.41, 5.74) is 2.14. The van der Waals surface area contributed by atoms with Gasteiger partial charge >= 0.3 is 0 Å². The Balaban J connectivity index is 1.78. The van der Waals surface area contributed by atoms with Gasteiger partial charge in [0, 0.05) is 16.6 Å². The number of pyridine rings is 1. The van der Waals surface area contributed by atoms with Gasteiger partial charge in [-0.15, -0.1) is 0 Å². The number of para-hydroxylation sites is 1. The van der Waals surface area contributed by atoms with Gasteiger partial charge in [-0.1, -0.05) is 31.2 Å². The average Bonchev–Trinajstić information content (AvgIpc) is 2.61. The number of sulfonamides is 1. The van der Waals surface area contributed by atoms with Crippen LogP contribution in [0.5, 0.6) is 0 Å². The van der Waals surface area contributed by atoms with Crippen molar-refractivity contribution in [2.75, 3.05) is 15.8 Å². The second-order valence-electron chi connectivity index (χ2n) is 5.87. The highest BCUT2D eigenvalue weighted by molar-refractivity contribution is 7.92. The molecule has 1 aromatic heterocycles. The molecule has 3 aromatic rings. The molecule has 0 saturated carbocycles. The van der Waals surface area contributed by atoms with E-state index in [1.165, 1.54) is 6.07 Å². The average molecular weight is 369 g/mol. The van der Waals surface area contributed by atoms with E-state index >= 15 is 0 Å². The molecule has 0 atom stereocenters. The van der Waals surface area contributed by atoms with E-state index in [2.05, 4.69) is 15.0 Å². The molecule has 26 heavy (non-hydrogen) atoms. The lowest BCUT2D eigenvalue weighted by atomic mass is 10.2. The number of carbonyl (C=O) groups is 1. The second-order valence-corrected chi connectivity index (χ2v) is 7.71. The summed E-state index contributed by atoms with van der Waals surface area (Å²) in [4.78, 5) is 16.8. The fraction of sp³-hybridized carbons (Fsp3) is 0.158.